The number of nitrogens with zero attached hydrogens (tertiary/aromatic N) is 1. The largest absolute Gasteiger partial charge is 0.385 e. The Hall–Kier alpha value is -1.33. The molecule has 0 aromatic heterocycles. The van der Waals surface area contributed by atoms with Crippen molar-refractivity contribution >= 4 is 23.0 Å². The normalized spacial score (nSPS) is 10.2. The molecule has 1 aromatic rings. The second kappa shape index (κ2) is 7.09. The molecular formula is C11H15ClN2O3. The summed E-state index contributed by atoms with van der Waals surface area (Å²) in [5.41, 5.74) is 0.501. The molecule has 0 aliphatic carbocycles. The quantitative estimate of drug-likeness (QED) is 0.464. The van der Waals surface area contributed by atoms with Gasteiger partial charge >= 0.3 is 0 Å². The Morgan fingerprint density at radius 3 is 2.88 bits per heavy atom. The summed E-state index contributed by atoms with van der Waals surface area (Å²) in [6, 6.07) is 4.48. The number of rotatable bonds is 7. The van der Waals surface area contributed by atoms with E-state index >= 15 is 0 Å². The standard InChI is InChI=1S/C11H15ClN2O3/c1-17-7-3-2-6-13-10-8-9(12)4-5-11(10)14(15)16/h4-5,8,13H,2-3,6-7H2,1H3. The van der Waals surface area contributed by atoms with Gasteiger partial charge in [0.05, 0.1) is 4.92 Å². The minimum absolute atomic E-state index is 0.0427. The van der Waals surface area contributed by atoms with Crippen LogP contribution < -0.4 is 5.32 Å². The van der Waals surface area contributed by atoms with Crippen molar-refractivity contribution in [2.75, 3.05) is 25.6 Å². The third-order valence-electron chi connectivity index (χ3n) is 2.25. The first-order chi connectivity index (χ1) is 8.15. The van der Waals surface area contributed by atoms with Gasteiger partial charge in [-0.15, -0.1) is 0 Å². The molecule has 0 unspecified atom stereocenters. The highest BCUT2D eigenvalue weighted by Crippen LogP contribution is 2.27. The number of halogens is 1. The molecule has 0 aliphatic heterocycles. The molecule has 0 fully saturated rings. The van der Waals surface area contributed by atoms with Gasteiger partial charge in [-0.2, -0.15) is 0 Å². The number of anilines is 1. The maximum Gasteiger partial charge on any atom is 0.292 e. The molecule has 0 bridgehead atoms. The topological polar surface area (TPSA) is 64.4 Å². The van der Waals surface area contributed by atoms with Crippen LogP contribution in [-0.2, 0) is 4.74 Å². The number of nitro groups is 1. The van der Waals surface area contributed by atoms with Crippen molar-refractivity contribution in [1.82, 2.24) is 0 Å². The number of hydrogen-bond donors (Lipinski definition) is 1. The number of hydrogen-bond acceptors (Lipinski definition) is 4. The van der Waals surface area contributed by atoms with Crippen molar-refractivity contribution in [2.45, 2.75) is 12.8 Å². The Morgan fingerprint density at radius 1 is 1.47 bits per heavy atom. The van der Waals surface area contributed by atoms with Gasteiger partial charge in [0.2, 0.25) is 0 Å². The first-order valence-corrected chi connectivity index (χ1v) is 5.69. The molecule has 0 atom stereocenters. The Kier molecular flexibility index (Phi) is 5.72. The molecule has 0 spiro atoms. The van der Waals surface area contributed by atoms with Crippen molar-refractivity contribution in [3.8, 4) is 0 Å². The van der Waals surface area contributed by atoms with Crippen LogP contribution >= 0.6 is 11.6 Å². The lowest BCUT2D eigenvalue weighted by Crippen LogP contribution is -2.05. The average Bonchev–Trinajstić information content (AvgIpc) is 2.28. The summed E-state index contributed by atoms with van der Waals surface area (Å²) in [5, 5.41) is 14.3. The van der Waals surface area contributed by atoms with Gasteiger partial charge < -0.3 is 10.1 Å². The number of nitrogens with one attached hydrogen (secondary N) is 1. The fourth-order valence-corrected chi connectivity index (χ4v) is 1.58. The van der Waals surface area contributed by atoms with E-state index in [9.17, 15) is 10.1 Å². The van der Waals surface area contributed by atoms with Gasteiger partial charge in [-0.1, -0.05) is 11.6 Å². The second-order valence-electron chi connectivity index (χ2n) is 3.55. The number of nitro benzene ring substituents is 1. The van der Waals surface area contributed by atoms with E-state index in [4.69, 9.17) is 16.3 Å². The molecular weight excluding hydrogens is 244 g/mol. The molecule has 94 valence electrons. The fourth-order valence-electron chi connectivity index (χ4n) is 1.40. The number of benzene rings is 1. The summed E-state index contributed by atoms with van der Waals surface area (Å²) in [6.45, 7) is 1.35. The zero-order valence-corrected chi connectivity index (χ0v) is 10.4. The fraction of sp³-hybridized carbons (Fsp3) is 0.455. The van der Waals surface area contributed by atoms with Crippen LogP contribution in [0.3, 0.4) is 0 Å². The summed E-state index contributed by atoms with van der Waals surface area (Å²) in [7, 11) is 1.65. The van der Waals surface area contributed by atoms with E-state index in [2.05, 4.69) is 5.32 Å². The molecule has 0 heterocycles. The molecule has 1 aromatic carbocycles. The summed E-state index contributed by atoms with van der Waals surface area (Å²) in [5.74, 6) is 0. The van der Waals surface area contributed by atoms with Crippen LogP contribution in [0.25, 0.3) is 0 Å². The molecule has 0 amide bonds. The first kappa shape index (κ1) is 13.7. The zero-order chi connectivity index (χ0) is 12.7. The average molecular weight is 259 g/mol. The molecule has 0 saturated carbocycles. The van der Waals surface area contributed by atoms with E-state index in [1.54, 1.807) is 13.2 Å². The molecule has 0 radical (unpaired) electrons. The summed E-state index contributed by atoms with van der Waals surface area (Å²) in [4.78, 5) is 10.3. The maximum atomic E-state index is 10.8. The lowest BCUT2D eigenvalue weighted by atomic mass is 10.2. The molecule has 6 heteroatoms. The smallest absolute Gasteiger partial charge is 0.292 e. The molecule has 5 nitrogen and oxygen atoms in total. The summed E-state index contributed by atoms with van der Waals surface area (Å²) >= 11 is 5.80. The Labute approximate surface area is 105 Å². The van der Waals surface area contributed by atoms with Crippen LogP contribution in [0.5, 0.6) is 0 Å². The first-order valence-electron chi connectivity index (χ1n) is 5.32. The van der Waals surface area contributed by atoms with Crippen LogP contribution in [0.15, 0.2) is 18.2 Å². The van der Waals surface area contributed by atoms with Crippen LogP contribution in [0, 0.1) is 10.1 Å². The van der Waals surface area contributed by atoms with Crippen molar-refractivity contribution < 1.29 is 9.66 Å². The number of methoxy groups -OCH3 is 1. The lowest BCUT2D eigenvalue weighted by molar-refractivity contribution is -0.384. The second-order valence-corrected chi connectivity index (χ2v) is 3.98. The molecule has 1 N–H and O–H groups in total. The highest BCUT2D eigenvalue weighted by Gasteiger charge is 2.12. The predicted octanol–water partition coefficient (Wildman–Crippen LogP) is 3.09. The predicted molar refractivity (Wildman–Crippen MR) is 67.7 cm³/mol. The van der Waals surface area contributed by atoms with E-state index < -0.39 is 4.92 Å². The minimum Gasteiger partial charge on any atom is -0.385 e. The third-order valence-corrected chi connectivity index (χ3v) is 2.48. The molecule has 0 saturated heterocycles. The minimum atomic E-state index is -0.423. The SMILES string of the molecule is COCCCCNc1cc(Cl)ccc1[N+](=O)[O-]. The molecule has 1 rings (SSSR count). The van der Waals surface area contributed by atoms with E-state index in [1.807, 2.05) is 0 Å². The highest BCUT2D eigenvalue weighted by atomic mass is 35.5. The Morgan fingerprint density at radius 2 is 2.24 bits per heavy atom. The van der Waals surface area contributed by atoms with Crippen molar-refractivity contribution in [3.63, 3.8) is 0 Å². The van der Waals surface area contributed by atoms with Gasteiger partial charge in [0.1, 0.15) is 5.69 Å². The molecule has 0 aliphatic rings. The van der Waals surface area contributed by atoms with Gasteiger partial charge in [0, 0.05) is 31.4 Å². The lowest BCUT2D eigenvalue weighted by Gasteiger charge is -2.07. The van der Waals surface area contributed by atoms with E-state index in [0.29, 0.717) is 23.9 Å². The maximum absolute atomic E-state index is 10.8. The van der Waals surface area contributed by atoms with E-state index in [0.717, 1.165) is 12.8 Å². The Balaban J connectivity index is 2.56. The van der Waals surface area contributed by atoms with Crippen LogP contribution in [0.1, 0.15) is 12.8 Å². The van der Waals surface area contributed by atoms with Gasteiger partial charge in [-0.3, -0.25) is 10.1 Å². The number of ether oxygens (including phenoxy) is 1. The monoisotopic (exact) mass is 258 g/mol. The van der Waals surface area contributed by atoms with Crippen LogP contribution in [0.4, 0.5) is 11.4 Å². The van der Waals surface area contributed by atoms with Crippen molar-refractivity contribution in [3.05, 3.63) is 33.3 Å². The highest BCUT2D eigenvalue weighted by molar-refractivity contribution is 6.31. The zero-order valence-electron chi connectivity index (χ0n) is 9.61. The Bertz CT molecular complexity index is 385. The van der Waals surface area contributed by atoms with E-state index in [-0.39, 0.29) is 5.69 Å². The van der Waals surface area contributed by atoms with Crippen LogP contribution in [0.2, 0.25) is 5.02 Å². The van der Waals surface area contributed by atoms with Gasteiger partial charge in [-0.25, -0.2) is 0 Å². The van der Waals surface area contributed by atoms with Crippen molar-refractivity contribution in [1.29, 1.82) is 0 Å². The number of unbranched alkanes of at least 4 members (excludes halogenated alkanes) is 1. The van der Waals surface area contributed by atoms with Gasteiger partial charge in [0.25, 0.3) is 5.69 Å². The van der Waals surface area contributed by atoms with Gasteiger partial charge in [-0.05, 0) is 25.0 Å². The van der Waals surface area contributed by atoms with Gasteiger partial charge in [0.15, 0.2) is 0 Å². The summed E-state index contributed by atoms with van der Waals surface area (Å²) in [6.07, 6.45) is 1.80. The summed E-state index contributed by atoms with van der Waals surface area (Å²) < 4.78 is 4.92. The molecule has 17 heavy (non-hydrogen) atoms. The third kappa shape index (κ3) is 4.58. The van der Waals surface area contributed by atoms with Crippen LogP contribution in [-0.4, -0.2) is 25.2 Å². The van der Waals surface area contributed by atoms with E-state index in [1.165, 1.54) is 12.1 Å². The van der Waals surface area contributed by atoms with Crippen molar-refractivity contribution in [2.24, 2.45) is 0 Å².